The highest BCUT2D eigenvalue weighted by molar-refractivity contribution is 5.75. The van der Waals surface area contributed by atoms with E-state index in [9.17, 15) is 4.79 Å². The van der Waals surface area contributed by atoms with Crippen molar-refractivity contribution in [1.29, 1.82) is 0 Å². The van der Waals surface area contributed by atoms with Gasteiger partial charge in [0.25, 0.3) is 0 Å². The number of carbonyl (C=O) groups excluding carboxylic acids is 1. The largest absolute Gasteiger partial charge is 0.346 e. The summed E-state index contributed by atoms with van der Waals surface area (Å²) in [7, 11) is 5.82. The fourth-order valence-corrected chi connectivity index (χ4v) is 0.970. The van der Waals surface area contributed by atoms with Crippen molar-refractivity contribution in [3.8, 4) is 0 Å². The summed E-state index contributed by atoms with van der Waals surface area (Å²) in [5.41, 5.74) is 0. The molecule has 0 saturated carbocycles. The van der Waals surface area contributed by atoms with Crippen LogP contribution in [-0.4, -0.2) is 49.9 Å². The molecule has 0 aromatic heterocycles. The molecule has 0 spiro atoms. The van der Waals surface area contributed by atoms with E-state index in [2.05, 4.69) is 6.92 Å². The third kappa shape index (κ3) is 5.13. The second-order valence-electron chi connectivity index (χ2n) is 3.37. The molecule has 0 aromatic rings. The molecule has 3 nitrogen and oxygen atoms in total. The van der Waals surface area contributed by atoms with Gasteiger partial charge in [0.2, 0.25) is 5.91 Å². The van der Waals surface area contributed by atoms with Gasteiger partial charge in [-0.25, -0.2) is 0 Å². The summed E-state index contributed by atoms with van der Waals surface area (Å²) in [6.45, 7) is 3.79. The van der Waals surface area contributed by atoms with Crippen LogP contribution in [0.2, 0.25) is 0 Å². The zero-order chi connectivity index (χ0) is 9.56. The zero-order valence-corrected chi connectivity index (χ0v) is 8.63. The van der Waals surface area contributed by atoms with Gasteiger partial charge in [-0.3, -0.25) is 4.79 Å². The summed E-state index contributed by atoms with van der Waals surface area (Å²) in [4.78, 5) is 15.2. The molecule has 0 rings (SSSR count). The van der Waals surface area contributed by atoms with Crippen LogP contribution in [0.15, 0.2) is 0 Å². The molecule has 0 atom stereocenters. The second kappa shape index (κ2) is 6.00. The Balaban J connectivity index is 3.57. The average Bonchev–Trinajstić information content (AvgIpc) is 2.00. The smallest absolute Gasteiger partial charge is 0.223 e. The molecule has 0 fully saturated rings. The van der Waals surface area contributed by atoms with Crippen LogP contribution in [0.1, 0.15) is 19.8 Å². The van der Waals surface area contributed by atoms with E-state index in [1.54, 1.807) is 4.90 Å². The van der Waals surface area contributed by atoms with Crippen molar-refractivity contribution in [3.05, 3.63) is 0 Å². The molecule has 0 aliphatic heterocycles. The van der Waals surface area contributed by atoms with Crippen LogP contribution in [-0.2, 0) is 4.79 Å². The first-order valence-corrected chi connectivity index (χ1v) is 4.46. The van der Waals surface area contributed by atoms with Crippen LogP contribution in [0.5, 0.6) is 0 Å². The van der Waals surface area contributed by atoms with Gasteiger partial charge in [-0.1, -0.05) is 6.92 Å². The first-order chi connectivity index (χ1) is 5.57. The van der Waals surface area contributed by atoms with Gasteiger partial charge in [0.15, 0.2) is 0 Å². The van der Waals surface area contributed by atoms with Gasteiger partial charge < -0.3 is 9.80 Å². The number of hydrogen-bond donors (Lipinski definition) is 0. The first-order valence-electron chi connectivity index (χ1n) is 4.46. The third-order valence-electron chi connectivity index (χ3n) is 1.76. The normalized spacial score (nSPS) is 10.4. The lowest BCUT2D eigenvalue weighted by molar-refractivity contribution is -0.130. The third-order valence-corrected chi connectivity index (χ3v) is 1.76. The van der Waals surface area contributed by atoms with Crippen molar-refractivity contribution in [2.75, 3.05) is 34.2 Å². The second-order valence-corrected chi connectivity index (χ2v) is 3.37. The van der Waals surface area contributed by atoms with Crippen molar-refractivity contribution in [3.63, 3.8) is 0 Å². The summed E-state index contributed by atoms with van der Waals surface area (Å²) in [6.07, 6.45) is 1.66. The molecular weight excluding hydrogens is 152 g/mol. The predicted octanol–water partition coefficient (Wildman–Crippen LogP) is 0.806. The number of amides is 1. The van der Waals surface area contributed by atoms with Crippen molar-refractivity contribution >= 4 is 5.91 Å². The minimum atomic E-state index is 0.241. The van der Waals surface area contributed by atoms with Crippen LogP contribution in [0, 0.1) is 0 Å². The van der Waals surface area contributed by atoms with E-state index in [-0.39, 0.29) is 5.91 Å². The molecule has 72 valence electrons. The van der Waals surface area contributed by atoms with E-state index < -0.39 is 0 Å². The van der Waals surface area contributed by atoms with Gasteiger partial charge in [0.05, 0.1) is 0 Å². The zero-order valence-electron chi connectivity index (χ0n) is 8.63. The SMILES string of the molecule is CCCN(C)C(=O)CCN(C)C. The summed E-state index contributed by atoms with van der Waals surface area (Å²) in [5, 5.41) is 0. The number of nitrogens with zero attached hydrogens (tertiary/aromatic N) is 2. The Morgan fingerprint density at radius 1 is 1.17 bits per heavy atom. The topological polar surface area (TPSA) is 23.6 Å². The van der Waals surface area contributed by atoms with Crippen LogP contribution in [0.25, 0.3) is 0 Å². The Morgan fingerprint density at radius 2 is 1.75 bits per heavy atom. The van der Waals surface area contributed by atoms with Gasteiger partial charge >= 0.3 is 0 Å². The average molecular weight is 172 g/mol. The van der Waals surface area contributed by atoms with E-state index in [1.165, 1.54) is 0 Å². The van der Waals surface area contributed by atoms with Crippen LogP contribution < -0.4 is 0 Å². The van der Waals surface area contributed by atoms with E-state index in [1.807, 2.05) is 26.0 Å². The van der Waals surface area contributed by atoms with Crippen molar-refractivity contribution < 1.29 is 4.79 Å². The first kappa shape index (κ1) is 11.4. The van der Waals surface area contributed by atoms with Crippen molar-refractivity contribution in [2.24, 2.45) is 0 Å². The lowest BCUT2D eigenvalue weighted by Gasteiger charge is -2.17. The van der Waals surface area contributed by atoms with E-state index >= 15 is 0 Å². The molecule has 0 heterocycles. The lowest BCUT2D eigenvalue weighted by Crippen LogP contribution is -2.30. The fraction of sp³-hybridized carbons (Fsp3) is 0.889. The Morgan fingerprint density at radius 3 is 2.17 bits per heavy atom. The maximum absolute atomic E-state index is 11.3. The quantitative estimate of drug-likeness (QED) is 0.612. The standard InChI is InChI=1S/C9H20N2O/c1-5-7-11(4)9(12)6-8-10(2)3/h5-8H2,1-4H3. The molecule has 0 bridgehead atoms. The Kier molecular flexibility index (Phi) is 5.72. The van der Waals surface area contributed by atoms with E-state index in [0.29, 0.717) is 6.42 Å². The summed E-state index contributed by atoms with van der Waals surface area (Å²) in [6, 6.07) is 0. The Bertz CT molecular complexity index is 134. The van der Waals surface area contributed by atoms with Gasteiger partial charge in [0.1, 0.15) is 0 Å². The monoisotopic (exact) mass is 172 g/mol. The summed E-state index contributed by atoms with van der Waals surface area (Å²) < 4.78 is 0. The molecule has 0 aliphatic rings. The highest BCUT2D eigenvalue weighted by Crippen LogP contribution is 1.93. The Labute approximate surface area is 75.3 Å². The minimum absolute atomic E-state index is 0.241. The van der Waals surface area contributed by atoms with Crippen molar-refractivity contribution in [1.82, 2.24) is 9.80 Å². The molecule has 0 N–H and O–H groups in total. The summed E-state index contributed by atoms with van der Waals surface area (Å²) in [5.74, 6) is 0.241. The van der Waals surface area contributed by atoms with Gasteiger partial charge in [0, 0.05) is 26.6 Å². The molecule has 0 unspecified atom stereocenters. The molecule has 0 radical (unpaired) electrons. The fourth-order valence-electron chi connectivity index (χ4n) is 0.970. The maximum atomic E-state index is 11.3. The number of hydrogen-bond acceptors (Lipinski definition) is 2. The molecule has 3 heteroatoms. The molecule has 0 aliphatic carbocycles. The maximum Gasteiger partial charge on any atom is 0.223 e. The minimum Gasteiger partial charge on any atom is -0.346 e. The van der Waals surface area contributed by atoms with Gasteiger partial charge in [-0.15, -0.1) is 0 Å². The van der Waals surface area contributed by atoms with Crippen molar-refractivity contribution in [2.45, 2.75) is 19.8 Å². The van der Waals surface area contributed by atoms with E-state index in [4.69, 9.17) is 0 Å². The molecule has 0 saturated heterocycles. The number of carbonyl (C=O) groups is 1. The van der Waals surface area contributed by atoms with Gasteiger partial charge in [-0.2, -0.15) is 0 Å². The highest BCUT2D eigenvalue weighted by Gasteiger charge is 2.06. The van der Waals surface area contributed by atoms with E-state index in [0.717, 1.165) is 19.5 Å². The lowest BCUT2D eigenvalue weighted by atomic mass is 10.3. The Hall–Kier alpha value is -0.570. The van der Waals surface area contributed by atoms with Crippen LogP contribution in [0.4, 0.5) is 0 Å². The molecule has 1 amide bonds. The molecule has 0 aromatic carbocycles. The van der Waals surface area contributed by atoms with Gasteiger partial charge in [-0.05, 0) is 20.5 Å². The highest BCUT2D eigenvalue weighted by atomic mass is 16.2. The molecular formula is C9H20N2O. The van der Waals surface area contributed by atoms with Crippen LogP contribution >= 0.6 is 0 Å². The van der Waals surface area contributed by atoms with Crippen LogP contribution in [0.3, 0.4) is 0 Å². The molecule has 12 heavy (non-hydrogen) atoms. The summed E-state index contributed by atoms with van der Waals surface area (Å²) >= 11 is 0. The number of rotatable bonds is 5. The predicted molar refractivity (Wildman–Crippen MR) is 51.1 cm³/mol.